The van der Waals surface area contributed by atoms with Gasteiger partial charge in [-0.25, -0.2) is 4.79 Å². The molecule has 0 unspecified atom stereocenters. The maximum absolute atomic E-state index is 11.4. The van der Waals surface area contributed by atoms with Gasteiger partial charge in [0.25, 0.3) is 0 Å². The summed E-state index contributed by atoms with van der Waals surface area (Å²) in [6, 6.07) is 0. The number of ether oxygens (including phenoxy) is 1. The lowest BCUT2D eigenvalue weighted by atomic mass is 9.52. The van der Waals surface area contributed by atoms with E-state index in [-0.39, 0.29) is 5.97 Å². The van der Waals surface area contributed by atoms with Gasteiger partial charge in [0.1, 0.15) is 0 Å². The van der Waals surface area contributed by atoms with Gasteiger partial charge in [-0.1, -0.05) is 6.08 Å². The van der Waals surface area contributed by atoms with Gasteiger partial charge in [-0.05, 0) is 68.6 Å². The van der Waals surface area contributed by atoms with Crippen LogP contribution < -0.4 is 0 Å². The third kappa shape index (κ3) is 2.14. The third-order valence-electron chi connectivity index (χ3n) is 5.04. The summed E-state index contributed by atoms with van der Waals surface area (Å²) in [4.78, 5) is 11.4. The molecule has 0 amide bonds. The molecule has 4 aliphatic carbocycles. The summed E-state index contributed by atoms with van der Waals surface area (Å²) in [5.74, 6) is 4.22. The van der Waals surface area contributed by atoms with Crippen LogP contribution in [0.25, 0.3) is 0 Å². The second-order valence-corrected chi connectivity index (χ2v) is 6.12. The normalized spacial score (nSPS) is 43.2. The molecule has 0 aliphatic heterocycles. The zero-order valence-electron chi connectivity index (χ0n) is 10.6. The zero-order chi connectivity index (χ0) is 11.8. The fourth-order valence-corrected chi connectivity index (χ4v) is 4.66. The summed E-state index contributed by atoms with van der Waals surface area (Å²) in [5, 5.41) is 0. The maximum Gasteiger partial charge on any atom is 0.330 e. The lowest BCUT2D eigenvalue weighted by Crippen LogP contribution is -2.44. The van der Waals surface area contributed by atoms with Crippen LogP contribution in [-0.4, -0.2) is 12.6 Å². The molecule has 0 aromatic heterocycles. The van der Waals surface area contributed by atoms with E-state index in [4.69, 9.17) is 4.74 Å². The van der Waals surface area contributed by atoms with E-state index in [2.05, 4.69) is 6.08 Å². The third-order valence-corrected chi connectivity index (χ3v) is 5.04. The van der Waals surface area contributed by atoms with Crippen LogP contribution in [0.15, 0.2) is 12.2 Å². The van der Waals surface area contributed by atoms with Crippen LogP contribution >= 0.6 is 0 Å². The van der Waals surface area contributed by atoms with Crippen molar-refractivity contribution in [2.45, 2.75) is 39.0 Å². The van der Waals surface area contributed by atoms with Crippen molar-refractivity contribution in [2.24, 2.45) is 29.6 Å². The fraction of sp³-hybridized carbons (Fsp3) is 0.800. The summed E-state index contributed by atoms with van der Waals surface area (Å²) in [6.07, 6.45) is 11.0. The highest BCUT2D eigenvalue weighted by Gasteiger charge is 2.47. The molecule has 94 valence electrons. The van der Waals surface area contributed by atoms with Crippen molar-refractivity contribution < 1.29 is 9.53 Å². The van der Waals surface area contributed by atoms with E-state index in [9.17, 15) is 4.79 Å². The number of esters is 1. The molecular weight excluding hydrogens is 212 g/mol. The smallest absolute Gasteiger partial charge is 0.330 e. The van der Waals surface area contributed by atoms with E-state index in [1.807, 2.05) is 6.92 Å². The summed E-state index contributed by atoms with van der Waals surface area (Å²) < 4.78 is 4.96. The molecule has 17 heavy (non-hydrogen) atoms. The molecule has 0 atom stereocenters. The molecule has 4 bridgehead atoms. The Morgan fingerprint density at radius 2 is 1.71 bits per heavy atom. The van der Waals surface area contributed by atoms with Crippen LogP contribution in [0.2, 0.25) is 0 Å². The Morgan fingerprint density at radius 1 is 1.12 bits per heavy atom. The van der Waals surface area contributed by atoms with E-state index in [0.717, 1.165) is 23.7 Å². The summed E-state index contributed by atoms with van der Waals surface area (Å²) in [7, 11) is 0. The van der Waals surface area contributed by atoms with Gasteiger partial charge in [-0.15, -0.1) is 0 Å². The second-order valence-electron chi connectivity index (χ2n) is 6.12. The highest BCUT2D eigenvalue weighted by atomic mass is 16.5. The van der Waals surface area contributed by atoms with Crippen LogP contribution in [0.5, 0.6) is 0 Å². The van der Waals surface area contributed by atoms with Gasteiger partial charge in [0.2, 0.25) is 0 Å². The predicted molar refractivity (Wildman–Crippen MR) is 66.3 cm³/mol. The minimum absolute atomic E-state index is 0.165. The first kappa shape index (κ1) is 11.3. The summed E-state index contributed by atoms with van der Waals surface area (Å²) in [6.45, 7) is 2.33. The van der Waals surface area contributed by atoms with Gasteiger partial charge < -0.3 is 4.74 Å². The Kier molecular flexibility index (Phi) is 2.97. The highest BCUT2D eigenvalue weighted by Crippen LogP contribution is 2.56. The predicted octanol–water partition coefficient (Wildman–Crippen LogP) is 3.18. The number of hydrogen-bond donors (Lipinski definition) is 0. The van der Waals surface area contributed by atoms with Gasteiger partial charge in [0, 0.05) is 6.08 Å². The van der Waals surface area contributed by atoms with Crippen molar-refractivity contribution in [3.63, 3.8) is 0 Å². The van der Waals surface area contributed by atoms with Gasteiger partial charge in [0.15, 0.2) is 0 Å². The molecule has 0 N–H and O–H groups in total. The first-order valence-corrected chi connectivity index (χ1v) is 7.11. The second kappa shape index (κ2) is 4.47. The molecule has 0 spiro atoms. The lowest BCUT2D eigenvalue weighted by Gasteiger charge is -2.53. The van der Waals surface area contributed by atoms with Crippen molar-refractivity contribution in [1.29, 1.82) is 0 Å². The molecule has 2 nitrogen and oxygen atoms in total. The average Bonchev–Trinajstić information content (AvgIpc) is 2.27. The molecule has 0 aromatic carbocycles. The monoisotopic (exact) mass is 234 g/mol. The Labute approximate surface area is 103 Å². The van der Waals surface area contributed by atoms with Crippen molar-refractivity contribution in [3.05, 3.63) is 12.2 Å². The van der Waals surface area contributed by atoms with Gasteiger partial charge in [0.05, 0.1) is 6.61 Å². The van der Waals surface area contributed by atoms with Crippen LogP contribution in [0.1, 0.15) is 39.0 Å². The minimum Gasteiger partial charge on any atom is -0.463 e. The van der Waals surface area contributed by atoms with Crippen LogP contribution in [-0.2, 0) is 9.53 Å². The number of hydrogen-bond acceptors (Lipinski definition) is 2. The standard InChI is InChI=1S/C15H22O2/c1-2-17-15(16)4-3-14-12-6-10-5-11(8-12)9-13(14)7-10/h3-4,10-14H,2,5-9H2,1H3/b4-3+. The Balaban J connectivity index is 1.66. The van der Waals surface area contributed by atoms with Crippen molar-refractivity contribution in [1.82, 2.24) is 0 Å². The summed E-state index contributed by atoms with van der Waals surface area (Å²) in [5.41, 5.74) is 0. The first-order chi connectivity index (χ1) is 8.26. The Morgan fingerprint density at radius 3 is 2.24 bits per heavy atom. The lowest BCUT2D eigenvalue weighted by molar-refractivity contribution is -0.137. The van der Waals surface area contributed by atoms with E-state index in [1.165, 1.54) is 32.1 Å². The number of rotatable bonds is 3. The topological polar surface area (TPSA) is 26.3 Å². The van der Waals surface area contributed by atoms with E-state index < -0.39 is 0 Å². The largest absolute Gasteiger partial charge is 0.463 e. The molecule has 0 heterocycles. The molecule has 0 aromatic rings. The molecule has 0 radical (unpaired) electrons. The highest BCUT2D eigenvalue weighted by molar-refractivity contribution is 5.81. The minimum atomic E-state index is -0.165. The van der Waals surface area contributed by atoms with E-state index in [0.29, 0.717) is 12.5 Å². The molecule has 4 fully saturated rings. The van der Waals surface area contributed by atoms with Crippen LogP contribution in [0, 0.1) is 29.6 Å². The molecule has 2 heteroatoms. The number of carbonyl (C=O) groups excluding carboxylic acids is 1. The van der Waals surface area contributed by atoms with E-state index >= 15 is 0 Å². The molecule has 4 saturated carbocycles. The van der Waals surface area contributed by atoms with Gasteiger partial charge in [-0.2, -0.15) is 0 Å². The maximum atomic E-state index is 11.4. The SMILES string of the molecule is CCOC(=O)/C=C/C1C2CC3CC(C2)CC1C3. The summed E-state index contributed by atoms with van der Waals surface area (Å²) >= 11 is 0. The van der Waals surface area contributed by atoms with Crippen LogP contribution in [0.4, 0.5) is 0 Å². The number of allylic oxidation sites excluding steroid dienone is 1. The zero-order valence-corrected chi connectivity index (χ0v) is 10.6. The fourth-order valence-electron chi connectivity index (χ4n) is 4.66. The van der Waals surface area contributed by atoms with Crippen molar-refractivity contribution >= 4 is 5.97 Å². The average molecular weight is 234 g/mol. The molecule has 4 aliphatic rings. The number of carbonyl (C=O) groups is 1. The molecule has 4 rings (SSSR count). The van der Waals surface area contributed by atoms with Gasteiger partial charge in [-0.3, -0.25) is 0 Å². The van der Waals surface area contributed by atoms with E-state index in [1.54, 1.807) is 6.08 Å². The first-order valence-electron chi connectivity index (χ1n) is 7.11. The van der Waals surface area contributed by atoms with Crippen molar-refractivity contribution in [3.8, 4) is 0 Å². The molecule has 0 saturated heterocycles. The quantitative estimate of drug-likeness (QED) is 0.554. The Bertz CT molecular complexity index is 304. The molecular formula is C15H22O2. The van der Waals surface area contributed by atoms with Crippen LogP contribution in [0.3, 0.4) is 0 Å². The Hall–Kier alpha value is -0.790. The van der Waals surface area contributed by atoms with Gasteiger partial charge >= 0.3 is 5.97 Å². The van der Waals surface area contributed by atoms with Crippen molar-refractivity contribution in [2.75, 3.05) is 6.61 Å².